The van der Waals surface area contributed by atoms with Crippen LogP contribution in [0.25, 0.3) is 10.9 Å². The maximum atomic E-state index is 11.5. The zero-order valence-corrected chi connectivity index (χ0v) is 11.2. The highest BCUT2D eigenvalue weighted by Gasteiger charge is 2.18. The molecule has 0 atom stereocenters. The number of aryl methyl sites for hydroxylation is 3. The number of hydrogen-bond acceptors (Lipinski definition) is 2. The molecular formula is C15H17NO2. The molecule has 2 aromatic rings. The van der Waals surface area contributed by atoms with Crippen molar-refractivity contribution in [2.45, 2.75) is 34.1 Å². The largest absolute Gasteiger partial charge is 0.478 e. The Hall–Kier alpha value is -1.90. The van der Waals surface area contributed by atoms with Crippen molar-refractivity contribution in [1.29, 1.82) is 0 Å². The third kappa shape index (κ3) is 1.76. The molecule has 1 aromatic carbocycles. The smallest absolute Gasteiger partial charge is 0.336 e. The maximum Gasteiger partial charge on any atom is 0.336 e. The van der Waals surface area contributed by atoms with Gasteiger partial charge in [-0.15, -0.1) is 0 Å². The zero-order chi connectivity index (χ0) is 13.4. The second-order valence-corrected chi connectivity index (χ2v) is 4.64. The first kappa shape index (κ1) is 12.6. The lowest BCUT2D eigenvalue weighted by Crippen LogP contribution is -2.08. The predicted octanol–water partition coefficient (Wildman–Crippen LogP) is 3.42. The number of carboxylic acids is 1. The van der Waals surface area contributed by atoms with Gasteiger partial charge in [-0.25, -0.2) is 4.79 Å². The van der Waals surface area contributed by atoms with Gasteiger partial charge in [-0.05, 0) is 43.9 Å². The Balaban J connectivity index is 3.05. The molecule has 2 rings (SSSR count). The van der Waals surface area contributed by atoms with Crippen LogP contribution in [-0.2, 0) is 6.42 Å². The van der Waals surface area contributed by atoms with Gasteiger partial charge >= 0.3 is 5.97 Å². The third-order valence-corrected chi connectivity index (χ3v) is 3.44. The fraction of sp³-hybridized carbons (Fsp3) is 0.333. The van der Waals surface area contributed by atoms with Gasteiger partial charge in [0.25, 0.3) is 0 Å². The molecule has 0 aliphatic carbocycles. The Bertz CT molecular complexity index is 645. The van der Waals surface area contributed by atoms with Gasteiger partial charge in [0.15, 0.2) is 0 Å². The maximum absolute atomic E-state index is 11.5. The summed E-state index contributed by atoms with van der Waals surface area (Å²) in [5, 5.41) is 10.2. The monoisotopic (exact) mass is 243 g/mol. The van der Waals surface area contributed by atoms with Gasteiger partial charge in [-0.2, -0.15) is 0 Å². The summed E-state index contributed by atoms with van der Waals surface area (Å²) in [5.41, 5.74) is 4.85. The van der Waals surface area contributed by atoms with Crippen molar-refractivity contribution in [3.63, 3.8) is 0 Å². The number of hydrogen-bond donors (Lipinski definition) is 1. The molecule has 0 aliphatic heterocycles. The number of benzene rings is 1. The Morgan fingerprint density at radius 2 is 1.83 bits per heavy atom. The van der Waals surface area contributed by atoms with Crippen LogP contribution in [0.1, 0.15) is 39.7 Å². The van der Waals surface area contributed by atoms with Crippen LogP contribution in [0.2, 0.25) is 0 Å². The fourth-order valence-corrected chi connectivity index (χ4v) is 2.42. The molecule has 0 fully saturated rings. The molecule has 0 spiro atoms. The average molecular weight is 243 g/mol. The van der Waals surface area contributed by atoms with Gasteiger partial charge in [-0.1, -0.05) is 19.1 Å². The van der Waals surface area contributed by atoms with E-state index in [0.717, 1.165) is 39.7 Å². The molecule has 0 amide bonds. The Kier molecular flexibility index (Phi) is 3.07. The van der Waals surface area contributed by atoms with E-state index in [1.165, 1.54) is 0 Å². The van der Waals surface area contributed by atoms with E-state index < -0.39 is 5.97 Å². The average Bonchev–Trinajstić information content (AvgIpc) is 2.33. The summed E-state index contributed by atoms with van der Waals surface area (Å²) in [4.78, 5) is 16.2. The van der Waals surface area contributed by atoms with Gasteiger partial charge in [0.05, 0.1) is 11.1 Å². The number of rotatable bonds is 2. The lowest BCUT2D eigenvalue weighted by Gasteiger charge is -2.14. The lowest BCUT2D eigenvalue weighted by atomic mass is 9.95. The van der Waals surface area contributed by atoms with Crippen LogP contribution in [0.5, 0.6) is 0 Å². The Labute approximate surface area is 106 Å². The minimum Gasteiger partial charge on any atom is -0.478 e. The number of nitrogens with zero attached hydrogens (tertiary/aromatic N) is 1. The SMILES string of the molecule is CCc1nc2c(C)ccc(C)c2c(C(=O)O)c1C. The predicted molar refractivity (Wildman–Crippen MR) is 72.3 cm³/mol. The minimum atomic E-state index is -0.872. The quantitative estimate of drug-likeness (QED) is 0.879. The Morgan fingerprint density at radius 3 is 2.39 bits per heavy atom. The first-order valence-electron chi connectivity index (χ1n) is 6.10. The van der Waals surface area contributed by atoms with Gasteiger partial charge < -0.3 is 5.11 Å². The third-order valence-electron chi connectivity index (χ3n) is 3.44. The van der Waals surface area contributed by atoms with E-state index in [1.807, 2.05) is 39.8 Å². The molecule has 1 N–H and O–H groups in total. The summed E-state index contributed by atoms with van der Waals surface area (Å²) >= 11 is 0. The van der Waals surface area contributed by atoms with Crippen molar-refractivity contribution in [2.24, 2.45) is 0 Å². The molecule has 3 nitrogen and oxygen atoms in total. The minimum absolute atomic E-state index is 0.401. The molecule has 0 unspecified atom stereocenters. The Morgan fingerprint density at radius 1 is 1.22 bits per heavy atom. The topological polar surface area (TPSA) is 50.2 Å². The van der Waals surface area contributed by atoms with Gasteiger partial charge in [0, 0.05) is 11.1 Å². The highest BCUT2D eigenvalue weighted by molar-refractivity contribution is 6.06. The molecule has 1 aromatic heterocycles. The van der Waals surface area contributed by atoms with Crippen LogP contribution < -0.4 is 0 Å². The van der Waals surface area contributed by atoms with Crippen molar-refractivity contribution in [1.82, 2.24) is 4.98 Å². The molecule has 0 bridgehead atoms. The molecule has 1 heterocycles. The van der Waals surface area contributed by atoms with Gasteiger partial charge in [0.1, 0.15) is 0 Å². The number of aromatic carboxylic acids is 1. The van der Waals surface area contributed by atoms with Gasteiger partial charge in [0.2, 0.25) is 0 Å². The van der Waals surface area contributed by atoms with E-state index >= 15 is 0 Å². The van der Waals surface area contributed by atoms with Crippen molar-refractivity contribution >= 4 is 16.9 Å². The fourth-order valence-electron chi connectivity index (χ4n) is 2.42. The van der Waals surface area contributed by atoms with Crippen molar-refractivity contribution in [3.05, 3.63) is 40.1 Å². The second-order valence-electron chi connectivity index (χ2n) is 4.64. The molecule has 94 valence electrons. The lowest BCUT2D eigenvalue weighted by molar-refractivity contribution is 0.0698. The molecule has 3 heteroatoms. The van der Waals surface area contributed by atoms with Crippen LogP contribution in [-0.4, -0.2) is 16.1 Å². The zero-order valence-electron chi connectivity index (χ0n) is 11.2. The normalized spacial score (nSPS) is 10.9. The van der Waals surface area contributed by atoms with E-state index in [2.05, 4.69) is 4.98 Å². The molecule has 0 saturated carbocycles. The first-order chi connectivity index (χ1) is 8.47. The van der Waals surface area contributed by atoms with Crippen LogP contribution in [0.15, 0.2) is 12.1 Å². The highest BCUT2D eigenvalue weighted by atomic mass is 16.4. The summed E-state index contributed by atoms with van der Waals surface area (Å²) in [6.07, 6.45) is 0.745. The van der Waals surface area contributed by atoms with Crippen LogP contribution in [0, 0.1) is 20.8 Å². The number of aromatic nitrogens is 1. The number of pyridine rings is 1. The van der Waals surface area contributed by atoms with Crippen molar-refractivity contribution in [2.75, 3.05) is 0 Å². The van der Waals surface area contributed by atoms with Crippen molar-refractivity contribution in [3.8, 4) is 0 Å². The van der Waals surface area contributed by atoms with E-state index in [4.69, 9.17) is 0 Å². The number of carbonyl (C=O) groups is 1. The van der Waals surface area contributed by atoms with E-state index in [0.29, 0.717) is 5.56 Å². The van der Waals surface area contributed by atoms with Crippen LogP contribution in [0.3, 0.4) is 0 Å². The summed E-state index contributed by atoms with van der Waals surface area (Å²) in [5.74, 6) is -0.872. The van der Waals surface area contributed by atoms with E-state index in [9.17, 15) is 9.90 Å². The summed E-state index contributed by atoms with van der Waals surface area (Å²) < 4.78 is 0. The first-order valence-corrected chi connectivity index (χ1v) is 6.10. The van der Waals surface area contributed by atoms with Crippen LogP contribution >= 0.6 is 0 Å². The number of carboxylic acid groups (broad SMARTS) is 1. The summed E-state index contributed by atoms with van der Waals surface area (Å²) in [7, 11) is 0. The molecule has 0 radical (unpaired) electrons. The van der Waals surface area contributed by atoms with Crippen LogP contribution in [0.4, 0.5) is 0 Å². The summed E-state index contributed by atoms with van der Waals surface area (Å²) in [6, 6.07) is 3.95. The molecule has 18 heavy (non-hydrogen) atoms. The number of fused-ring (bicyclic) bond motifs is 1. The molecule has 0 aliphatic rings. The summed E-state index contributed by atoms with van der Waals surface area (Å²) in [6.45, 7) is 7.74. The highest BCUT2D eigenvalue weighted by Crippen LogP contribution is 2.28. The molecular weight excluding hydrogens is 226 g/mol. The molecule has 0 saturated heterocycles. The standard InChI is InChI=1S/C15H17NO2/c1-5-11-10(4)13(15(17)18)12-8(2)6-7-9(3)14(12)16-11/h6-7H,5H2,1-4H3,(H,17,18). The van der Waals surface area contributed by atoms with Crippen molar-refractivity contribution < 1.29 is 9.90 Å². The van der Waals surface area contributed by atoms with E-state index in [1.54, 1.807) is 0 Å². The second kappa shape index (κ2) is 4.41. The van der Waals surface area contributed by atoms with E-state index in [-0.39, 0.29) is 0 Å². The van der Waals surface area contributed by atoms with Gasteiger partial charge in [-0.3, -0.25) is 4.98 Å².